The summed E-state index contributed by atoms with van der Waals surface area (Å²) in [7, 11) is 0. The lowest BCUT2D eigenvalue weighted by Crippen LogP contribution is -2.28. The predicted molar refractivity (Wildman–Crippen MR) is 287 cm³/mol. The van der Waals surface area contributed by atoms with Crippen LogP contribution in [0, 0.1) is 0 Å². The number of benzene rings is 11. The second kappa shape index (κ2) is 16.5. The van der Waals surface area contributed by atoms with E-state index >= 15 is 0 Å². The molecule has 0 bridgehead atoms. The normalized spacial score (nSPS) is 13.4. The summed E-state index contributed by atoms with van der Waals surface area (Å²) in [6.07, 6.45) is 0. The highest BCUT2D eigenvalue weighted by molar-refractivity contribution is 5.91. The van der Waals surface area contributed by atoms with Gasteiger partial charge >= 0.3 is 0 Å². The Morgan fingerprint density at radius 3 is 0.928 bits per heavy atom. The molecular weight excluding hydrogens is 831 g/mol. The summed E-state index contributed by atoms with van der Waals surface area (Å²) in [5.74, 6) is 0. The Morgan fingerprint density at radius 2 is 0.493 bits per heavy atom. The van der Waals surface area contributed by atoms with Crippen molar-refractivity contribution in [2.24, 2.45) is 0 Å². The van der Waals surface area contributed by atoms with Gasteiger partial charge in [-0.2, -0.15) is 0 Å². The van der Waals surface area contributed by atoms with Gasteiger partial charge in [0, 0.05) is 17.1 Å². The number of anilines is 3. The SMILES string of the molecule is c1ccc(-c2ccc(-c3ccc(N(c4ccc(C5(c6ccccc6)c6ccccc6-c6ccccc65)cc4)c4ccc5c(c4)-c4ccccc4C5(c4ccccc4)c4ccccc4)cc3)cc2)cc1. The summed E-state index contributed by atoms with van der Waals surface area (Å²) in [5.41, 5.74) is 22.4. The minimum atomic E-state index is -0.481. The van der Waals surface area contributed by atoms with E-state index in [4.69, 9.17) is 0 Å². The topological polar surface area (TPSA) is 3.24 Å². The van der Waals surface area contributed by atoms with Crippen LogP contribution in [-0.4, -0.2) is 0 Å². The first-order valence-electron chi connectivity index (χ1n) is 24.0. The van der Waals surface area contributed by atoms with E-state index in [1.165, 1.54) is 89.0 Å². The summed E-state index contributed by atoms with van der Waals surface area (Å²) in [4.78, 5) is 2.44. The largest absolute Gasteiger partial charge is 0.310 e. The molecule has 1 heteroatoms. The number of rotatable bonds is 9. The molecule has 0 N–H and O–H groups in total. The van der Waals surface area contributed by atoms with Crippen LogP contribution in [0.3, 0.4) is 0 Å². The molecule has 0 unspecified atom stereocenters. The van der Waals surface area contributed by atoms with Crippen molar-refractivity contribution >= 4 is 17.1 Å². The van der Waals surface area contributed by atoms with Crippen LogP contribution in [0.15, 0.2) is 285 Å². The van der Waals surface area contributed by atoms with Gasteiger partial charge in [-0.15, -0.1) is 0 Å². The van der Waals surface area contributed by atoms with E-state index in [1.807, 2.05) is 0 Å². The smallest absolute Gasteiger partial charge is 0.0713 e. The Labute approximate surface area is 404 Å². The van der Waals surface area contributed by atoms with E-state index in [0.717, 1.165) is 17.1 Å². The number of nitrogens with zero attached hydrogens (tertiary/aromatic N) is 1. The molecule has 0 fully saturated rings. The van der Waals surface area contributed by atoms with Crippen LogP contribution in [0.1, 0.15) is 44.5 Å². The van der Waals surface area contributed by atoms with Gasteiger partial charge in [0.1, 0.15) is 0 Å². The van der Waals surface area contributed by atoms with Gasteiger partial charge in [0.25, 0.3) is 0 Å². The Bertz CT molecular complexity index is 3530. The quantitative estimate of drug-likeness (QED) is 0.140. The molecule has 11 aromatic carbocycles. The minimum absolute atomic E-state index is 0.475. The standard InChI is InChI=1S/C68H47N/c1-5-19-48(20-6-1)49-33-35-50(36-34-49)51-37-41-56(42-38-51)69(57-43-39-55(40-44-57)68(54-25-11-4-12-26-54)63-30-16-13-27-59(63)60-28-14-17-31-64(60)68)58-45-46-66-62(47-58)61-29-15-18-32-65(61)67(66,52-21-7-2-8-22-52)53-23-9-3-10-24-53/h1-47H. The van der Waals surface area contributed by atoms with Crippen LogP contribution in [0.2, 0.25) is 0 Å². The molecular formula is C68H47N. The molecule has 1 nitrogen and oxygen atoms in total. The summed E-state index contributed by atoms with van der Waals surface area (Å²) < 4.78 is 0. The molecule has 0 aromatic heterocycles. The summed E-state index contributed by atoms with van der Waals surface area (Å²) >= 11 is 0. The lowest BCUT2D eigenvalue weighted by atomic mass is 9.67. The highest BCUT2D eigenvalue weighted by Gasteiger charge is 2.47. The fourth-order valence-corrected chi connectivity index (χ4v) is 11.9. The summed E-state index contributed by atoms with van der Waals surface area (Å²) in [6.45, 7) is 0. The van der Waals surface area contributed by atoms with Crippen molar-refractivity contribution in [3.8, 4) is 44.5 Å². The second-order valence-corrected chi connectivity index (χ2v) is 18.3. The van der Waals surface area contributed by atoms with Crippen molar-refractivity contribution in [3.05, 3.63) is 330 Å². The van der Waals surface area contributed by atoms with Crippen molar-refractivity contribution in [3.63, 3.8) is 0 Å². The zero-order valence-electron chi connectivity index (χ0n) is 38.1. The number of hydrogen-bond acceptors (Lipinski definition) is 1. The molecule has 324 valence electrons. The lowest BCUT2D eigenvalue weighted by molar-refractivity contribution is 0.768. The highest BCUT2D eigenvalue weighted by Crippen LogP contribution is 2.58. The molecule has 0 saturated heterocycles. The van der Waals surface area contributed by atoms with Crippen molar-refractivity contribution < 1.29 is 0 Å². The maximum Gasteiger partial charge on any atom is 0.0713 e. The molecule has 0 aliphatic heterocycles. The molecule has 11 aromatic rings. The van der Waals surface area contributed by atoms with E-state index in [0.29, 0.717) is 0 Å². The third kappa shape index (κ3) is 6.32. The zero-order chi connectivity index (χ0) is 45.8. The third-order valence-corrected chi connectivity index (χ3v) is 14.9. The van der Waals surface area contributed by atoms with Crippen LogP contribution in [0.5, 0.6) is 0 Å². The first-order chi connectivity index (χ1) is 34.2. The fraction of sp³-hybridized carbons (Fsp3) is 0.0294. The summed E-state index contributed by atoms with van der Waals surface area (Å²) in [6, 6.07) is 105. The molecule has 2 aliphatic carbocycles. The maximum atomic E-state index is 2.44. The van der Waals surface area contributed by atoms with Gasteiger partial charge in [-0.25, -0.2) is 0 Å². The molecule has 0 heterocycles. The lowest BCUT2D eigenvalue weighted by Gasteiger charge is -2.35. The van der Waals surface area contributed by atoms with Crippen molar-refractivity contribution in [2.75, 3.05) is 4.90 Å². The summed E-state index contributed by atoms with van der Waals surface area (Å²) in [5, 5.41) is 0. The van der Waals surface area contributed by atoms with Crippen molar-refractivity contribution in [2.45, 2.75) is 10.8 Å². The average Bonchev–Trinajstić information content (AvgIpc) is 3.91. The van der Waals surface area contributed by atoms with Crippen LogP contribution < -0.4 is 4.90 Å². The Morgan fingerprint density at radius 1 is 0.203 bits per heavy atom. The minimum Gasteiger partial charge on any atom is -0.310 e. The molecule has 0 amide bonds. The van der Waals surface area contributed by atoms with Gasteiger partial charge in [0.2, 0.25) is 0 Å². The van der Waals surface area contributed by atoms with Gasteiger partial charge in [-0.05, 0) is 125 Å². The zero-order valence-corrected chi connectivity index (χ0v) is 38.1. The van der Waals surface area contributed by atoms with E-state index < -0.39 is 10.8 Å². The van der Waals surface area contributed by atoms with Crippen LogP contribution in [-0.2, 0) is 10.8 Å². The monoisotopic (exact) mass is 877 g/mol. The van der Waals surface area contributed by atoms with Crippen molar-refractivity contribution in [1.82, 2.24) is 0 Å². The van der Waals surface area contributed by atoms with Gasteiger partial charge in [-0.1, -0.05) is 249 Å². The molecule has 0 spiro atoms. The van der Waals surface area contributed by atoms with Gasteiger partial charge in [-0.3, -0.25) is 0 Å². The van der Waals surface area contributed by atoms with E-state index in [9.17, 15) is 0 Å². The maximum absolute atomic E-state index is 2.44. The van der Waals surface area contributed by atoms with Crippen molar-refractivity contribution in [1.29, 1.82) is 0 Å². The molecule has 2 aliphatic rings. The predicted octanol–water partition coefficient (Wildman–Crippen LogP) is 17.2. The average molecular weight is 878 g/mol. The Kier molecular flexibility index (Phi) is 9.70. The third-order valence-electron chi connectivity index (χ3n) is 14.9. The first kappa shape index (κ1) is 40.5. The Hall–Kier alpha value is -8.78. The van der Waals surface area contributed by atoms with Crippen LogP contribution >= 0.6 is 0 Å². The van der Waals surface area contributed by atoms with E-state index in [1.54, 1.807) is 0 Å². The van der Waals surface area contributed by atoms with Crippen LogP contribution in [0.4, 0.5) is 17.1 Å². The Balaban J connectivity index is 0.981. The van der Waals surface area contributed by atoms with Gasteiger partial charge in [0.15, 0.2) is 0 Å². The first-order valence-corrected chi connectivity index (χ1v) is 24.0. The molecule has 0 saturated carbocycles. The van der Waals surface area contributed by atoms with Gasteiger partial charge in [0.05, 0.1) is 10.8 Å². The fourth-order valence-electron chi connectivity index (χ4n) is 11.9. The van der Waals surface area contributed by atoms with Gasteiger partial charge < -0.3 is 4.90 Å². The number of fused-ring (bicyclic) bond motifs is 6. The molecule has 0 atom stereocenters. The highest BCUT2D eigenvalue weighted by atomic mass is 15.1. The van der Waals surface area contributed by atoms with E-state index in [-0.39, 0.29) is 0 Å². The number of hydrogen-bond donors (Lipinski definition) is 0. The molecule has 13 rings (SSSR count). The van der Waals surface area contributed by atoms with E-state index in [2.05, 4.69) is 290 Å². The van der Waals surface area contributed by atoms with Crippen LogP contribution in [0.25, 0.3) is 44.5 Å². The second-order valence-electron chi connectivity index (χ2n) is 18.3. The molecule has 69 heavy (non-hydrogen) atoms. The molecule has 0 radical (unpaired) electrons.